The average Bonchev–Trinajstić information content (AvgIpc) is 2.53. The van der Waals surface area contributed by atoms with Crippen LogP contribution >= 0.6 is 0 Å². The summed E-state index contributed by atoms with van der Waals surface area (Å²) in [7, 11) is 2.97. The molecular formula is C17H16O5. The van der Waals surface area contributed by atoms with Crippen molar-refractivity contribution in [2.45, 2.75) is 6.92 Å². The first kappa shape index (κ1) is 15.6. The van der Waals surface area contributed by atoms with Gasteiger partial charge in [0.1, 0.15) is 11.5 Å². The second-order valence-electron chi connectivity index (χ2n) is 4.70. The van der Waals surface area contributed by atoms with Gasteiger partial charge in [0, 0.05) is 5.56 Å². The number of hydrogen-bond donors (Lipinski definition) is 1. The molecule has 1 N–H and O–H groups in total. The standard InChI is InChI=1S/C17H16O5/c1-10-8-15(22-3)13(9-14(10)21-2)16(18)11-6-4-5-7-12(11)17(19)20/h4-9H,1-3H3,(H,19,20). The van der Waals surface area contributed by atoms with E-state index in [-0.39, 0.29) is 16.7 Å². The molecule has 0 atom stereocenters. The molecule has 0 aliphatic heterocycles. The number of benzene rings is 2. The van der Waals surface area contributed by atoms with Crippen molar-refractivity contribution >= 4 is 11.8 Å². The van der Waals surface area contributed by atoms with Crippen molar-refractivity contribution in [3.8, 4) is 11.5 Å². The lowest BCUT2D eigenvalue weighted by molar-refractivity contribution is 0.0692. The zero-order valence-electron chi connectivity index (χ0n) is 12.5. The lowest BCUT2D eigenvalue weighted by Gasteiger charge is -2.13. The first-order valence-corrected chi connectivity index (χ1v) is 6.59. The minimum Gasteiger partial charge on any atom is -0.496 e. The molecule has 2 aromatic rings. The van der Waals surface area contributed by atoms with E-state index in [2.05, 4.69) is 0 Å². The third kappa shape index (κ3) is 2.79. The molecule has 0 spiro atoms. The summed E-state index contributed by atoms with van der Waals surface area (Å²) in [5, 5.41) is 9.22. The smallest absolute Gasteiger partial charge is 0.336 e. The number of hydrogen-bond acceptors (Lipinski definition) is 4. The normalized spacial score (nSPS) is 10.1. The zero-order chi connectivity index (χ0) is 16.3. The summed E-state index contributed by atoms with van der Waals surface area (Å²) in [6.07, 6.45) is 0. The van der Waals surface area contributed by atoms with E-state index in [1.54, 1.807) is 24.3 Å². The van der Waals surface area contributed by atoms with Crippen LogP contribution in [0.2, 0.25) is 0 Å². The summed E-state index contributed by atoms with van der Waals surface area (Å²) in [6.45, 7) is 1.83. The number of carbonyl (C=O) groups excluding carboxylic acids is 1. The van der Waals surface area contributed by atoms with Crippen LogP contribution in [-0.4, -0.2) is 31.1 Å². The molecule has 0 radical (unpaired) electrons. The fourth-order valence-electron chi connectivity index (χ4n) is 2.24. The van der Waals surface area contributed by atoms with Crippen LogP contribution in [0.4, 0.5) is 0 Å². The second kappa shape index (κ2) is 6.30. The Morgan fingerprint density at radius 2 is 1.50 bits per heavy atom. The topological polar surface area (TPSA) is 72.8 Å². The van der Waals surface area contributed by atoms with E-state index in [0.29, 0.717) is 11.5 Å². The lowest BCUT2D eigenvalue weighted by atomic mass is 9.96. The average molecular weight is 300 g/mol. The minimum absolute atomic E-state index is 0.0471. The van der Waals surface area contributed by atoms with E-state index in [4.69, 9.17) is 9.47 Å². The van der Waals surface area contributed by atoms with E-state index in [1.165, 1.54) is 26.4 Å². The Morgan fingerprint density at radius 1 is 0.909 bits per heavy atom. The van der Waals surface area contributed by atoms with Crippen molar-refractivity contribution in [2.75, 3.05) is 14.2 Å². The maximum Gasteiger partial charge on any atom is 0.336 e. The Morgan fingerprint density at radius 3 is 2.05 bits per heavy atom. The molecule has 2 rings (SSSR count). The van der Waals surface area contributed by atoms with E-state index < -0.39 is 11.8 Å². The van der Waals surface area contributed by atoms with Crippen LogP contribution in [0.15, 0.2) is 36.4 Å². The molecular weight excluding hydrogens is 284 g/mol. The Hall–Kier alpha value is -2.82. The second-order valence-corrected chi connectivity index (χ2v) is 4.70. The molecule has 0 aliphatic rings. The highest BCUT2D eigenvalue weighted by molar-refractivity contribution is 6.15. The predicted octanol–water partition coefficient (Wildman–Crippen LogP) is 2.94. The summed E-state index contributed by atoms with van der Waals surface area (Å²) in [5.41, 5.74) is 1.15. The molecule has 5 heteroatoms. The number of rotatable bonds is 5. The van der Waals surface area contributed by atoms with Gasteiger partial charge in [-0.1, -0.05) is 18.2 Å². The van der Waals surface area contributed by atoms with Crippen molar-refractivity contribution in [3.63, 3.8) is 0 Å². The van der Waals surface area contributed by atoms with Crippen molar-refractivity contribution in [1.82, 2.24) is 0 Å². The molecule has 114 valence electrons. The highest BCUT2D eigenvalue weighted by Crippen LogP contribution is 2.30. The summed E-state index contributed by atoms with van der Waals surface area (Å²) in [4.78, 5) is 24.0. The third-order valence-electron chi connectivity index (χ3n) is 3.36. The number of aromatic carboxylic acids is 1. The summed E-state index contributed by atoms with van der Waals surface area (Å²) < 4.78 is 10.5. The Balaban J connectivity index is 2.61. The zero-order valence-corrected chi connectivity index (χ0v) is 12.5. The van der Waals surface area contributed by atoms with Crippen LogP contribution in [0.25, 0.3) is 0 Å². The molecule has 0 unspecified atom stereocenters. The maximum absolute atomic E-state index is 12.7. The molecule has 0 aliphatic carbocycles. The molecule has 0 aromatic heterocycles. The molecule has 5 nitrogen and oxygen atoms in total. The molecule has 0 fully saturated rings. The van der Waals surface area contributed by atoms with Gasteiger partial charge in [0.25, 0.3) is 0 Å². The number of methoxy groups -OCH3 is 2. The van der Waals surface area contributed by atoms with Gasteiger partial charge in [-0.25, -0.2) is 4.79 Å². The highest BCUT2D eigenvalue weighted by Gasteiger charge is 2.21. The van der Waals surface area contributed by atoms with Gasteiger partial charge in [-0.3, -0.25) is 4.79 Å². The van der Waals surface area contributed by atoms with Crippen molar-refractivity contribution in [2.24, 2.45) is 0 Å². The summed E-state index contributed by atoms with van der Waals surface area (Å²) in [5.74, 6) is -0.657. The number of aryl methyl sites for hydroxylation is 1. The van der Waals surface area contributed by atoms with Crippen LogP contribution in [0.5, 0.6) is 11.5 Å². The van der Waals surface area contributed by atoms with Gasteiger partial charge in [0.05, 0.1) is 25.3 Å². The van der Waals surface area contributed by atoms with Crippen LogP contribution < -0.4 is 9.47 Å². The summed E-state index contributed by atoms with van der Waals surface area (Å²) >= 11 is 0. The largest absolute Gasteiger partial charge is 0.496 e. The molecule has 0 amide bonds. The fourth-order valence-corrected chi connectivity index (χ4v) is 2.24. The van der Waals surface area contributed by atoms with E-state index in [9.17, 15) is 14.7 Å². The van der Waals surface area contributed by atoms with Crippen LogP contribution in [-0.2, 0) is 0 Å². The van der Waals surface area contributed by atoms with Crippen LogP contribution in [0.3, 0.4) is 0 Å². The first-order chi connectivity index (χ1) is 10.5. The van der Waals surface area contributed by atoms with Crippen LogP contribution in [0.1, 0.15) is 31.8 Å². The van der Waals surface area contributed by atoms with E-state index in [1.807, 2.05) is 6.92 Å². The number of carboxylic acids is 1. The van der Waals surface area contributed by atoms with Gasteiger partial charge < -0.3 is 14.6 Å². The van der Waals surface area contributed by atoms with Crippen molar-refractivity contribution in [3.05, 3.63) is 58.7 Å². The molecule has 0 heterocycles. The van der Waals surface area contributed by atoms with E-state index in [0.717, 1.165) is 5.56 Å². The molecule has 22 heavy (non-hydrogen) atoms. The highest BCUT2D eigenvalue weighted by atomic mass is 16.5. The SMILES string of the molecule is COc1cc(C(=O)c2ccccc2C(=O)O)c(OC)cc1C. The molecule has 0 saturated carbocycles. The quantitative estimate of drug-likeness (QED) is 0.859. The Kier molecular flexibility index (Phi) is 4.46. The minimum atomic E-state index is -1.15. The molecule has 0 saturated heterocycles. The van der Waals surface area contributed by atoms with Gasteiger partial charge in [-0.05, 0) is 30.7 Å². The molecule has 2 aromatic carbocycles. The van der Waals surface area contributed by atoms with Gasteiger partial charge >= 0.3 is 5.97 Å². The Bertz CT molecular complexity index is 734. The van der Waals surface area contributed by atoms with Crippen molar-refractivity contribution in [1.29, 1.82) is 0 Å². The van der Waals surface area contributed by atoms with Gasteiger partial charge in [0.2, 0.25) is 0 Å². The lowest BCUT2D eigenvalue weighted by Crippen LogP contribution is -2.11. The third-order valence-corrected chi connectivity index (χ3v) is 3.36. The predicted molar refractivity (Wildman–Crippen MR) is 81.1 cm³/mol. The molecule has 0 bridgehead atoms. The van der Waals surface area contributed by atoms with Crippen molar-refractivity contribution < 1.29 is 24.2 Å². The maximum atomic E-state index is 12.7. The fraction of sp³-hybridized carbons (Fsp3) is 0.176. The van der Waals surface area contributed by atoms with Gasteiger partial charge in [-0.2, -0.15) is 0 Å². The summed E-state index contributed by atoms with van der Waals surface area (Å²) in [6, 6.07) is 9.33. The number of ether oxygens (including phenoxy) is 2. The number of ketones is 1. The Labute approximate surface area is 128 Å². The van der Waals surface area contributed by atoms with Gasteiger partial charge in [-0.15, -0.1) is 0 Å². The monoisotopic (exact) mass is 300 g/mol. The first-order valence-electron chi connectivity index (χ1n) is 6.59. The van der Waals surface area contributed by atoms with E-state index >= 15 is 0 Å². The number of carbonyl (C=O) groups is 2. The van der Waals surface area contributed by atoms with Crippen LogP contribution in [0, 0.1) is 6.92 Å². The van der Waals surface area contributed by atoms with Gasteiger partial charge in [0.15, 0.2) is 5.78 Å². The number of carboxylic acid groups (broad SMARTS) is 1.